The number of anilines is 4. The summed E-state index contributed by atoms with van der Waals surface area (Å²) in [7, 11) is 3.98. The van der Waals surface area contributed by atoms with E-state index < -0.39 is 0 Å². The molecule has 5 rings (SSSR count). The van der Waals surface area contributed by atoms with Gasteiger partial charge in [-0.2, -0.15) is 0 Å². The van der Waals surface area contributed by atoms with Crippen molar-refractivity contribution in [3.63, 3.8) is 0 Å². The van der Waals surface area contributed by atoms with Crippen LogP contribution in [0.25, 0.3) is 5.57 Å². The van der Waals surface area contributed by atoms with E-state index in [0.29, 0.717) is 42.3 Å². The summed E-state index contributed by atoms with van der Waals surface area (Å²) < 4.78 is 5.58. The van der Waals surface area contributed by atoms with Crippen molar-refractivity contribution in [3.05, 3.63) is 41.9 Å². The van der Waals surface area contributed by atoms with Gasteiger partial charge in [-0.3, -0.25) is 9.59 Å². The van der Waals surface area contributed by atoms with Crippen molar-refractivity contribution in [2.75, 3.05) is 80.9 Å². The molecule has 4 heterocycles. The van der Waals surface area contributed by atoms with E-state index in [1.165, 1.54) is 17.6 Å². The molecule has 2 aromatic rings. The van der Waals surface area contributed by atoms with Crippen molar-refractivity contribution >= 4 is 40.4 Å². The Bertz CT molecular complexity index is 1230. The summed E-state index contributed by atoms with van der Waals surface area (Å²) in [6.45, 7) is 6.11. The summed E-state index contributed by atoms with van der Waals surface area (Å²) in [5.41, 5.74) is 4.43. The number of nitrogens with one attached hydrogen (secondary N) is 3. The molecule has 1 fully saturated rings. The van der Waals surface area contributed by atoms with E-state index in [-0.39, 0.29) is 11.8 Å². The molecule has 3 aliphatic rings. The van der Waals surface area contributed by atoms with Crippen LogP contribution in [0.2, 0.25) is 0 Å². The molecular formula is C28H38N8O3. The second kappa shape index (κ2) is 12.4. The first-order chi connectivity index (χ1) is 19.0. The van der Waals surface area contributed by atoms with E-state index in [1.807, 2.05) is 13.1 Å². The molecule has 0 spiro atoms. The van der Waals surface area contributed by atoms with Crippen molar-refractivity contribution in [2.45, 2.75) is 32.2 Å². The minimum atomic E-state index is -0.224. The van der Waals surface area contributed by atoms with Crippen molar-refractivity contribution in [3.8, 4) is 0 Å². The highest BCUT2D eigenvalue weighted by Gasteiger charge is 2.29. The number of ether oxygens (including phenoxy) is 1. The molecule has 2 amide bonds. The smallest absolute Gasteiger partial charge is 0.259 e. The van der Waals surface area contributed by atoms with E-state index in [4.69, 9.17) is 4.74 Å². The largest absolute Gasteiger partial charge is 0.378 e. The SMILES string of the molecule is CN1CCCCC(=O)N(C)CCCNc2ncnc3c2/C(=C/Nc2ccc(N4CCOCC4)c(c2)C1)C(=O)N3. The van der Waals surface area contributed by atoms with Crippen molar-refractivity contribution < 1.29 is 14.3 Å². The van der Waals surface area contributed by atoms with Gasteiger partial charge in [0.05, 0.1) is 24.4 Å². The fourth-order valence-electron chi connectivity index (χ4n) is 5.23. The zero-order chi connectivity index (χ0) is 27.2. The third-order valence-corrected chi connectivity index (χ3v) is 7.42. The lowest BCUT2D eigenvalue weighted by Gasteiger charge is -2.32. The number of carbonyl (C=O) groups is 2. The number of fused-ring (bicyclic) bond motifs is 2. The van der Waals surface area contributed by atoms with Crippen LogP contribution in [0.1, 0.15) is 36.8 Å². The summed E-state index contributed by atoms with van der Waals surface area (Å²) in [6, 6.07) is 6.35. The quantitative estimate of drug-likeness (QED) is 0.508. The molecule has 0 atom stereocenters. The first-order valence-corrected chi connectivity index (χ1v) is 13.7. The Morgan fingerprint density at radius 1 is 0.949 bits per heavy atom. The van der Waals surface area contributed by atoms with Crippen LogP contribution in [0, 0.1) is 0 Å². The number of amides is 2. The Hall–Kier alpha value is -3.70. The lowest BCUT2D eigenvalue weighted by Crippen LogP contribution is -2.37. The van der Waals surface area contributed by atoms with Gasteiger partial charge >= 0.3 is 0 Å². The minimum Gasteiger partial charge on any atom is -0.378 e. The molecule has 11 nitrogen and oxygen atoms in total. The van der Waals surface area contributed by atoms with Crippen LogP contribution in [-0.2, 0) is 20.9 Å². The third-order valence-electron chi connectivity index (χ3n) is 7.42. The van der Waals surface area contributed by atoms with Crippen LogP contribution in [0.15, 0.2) is 30.7 Å². The van der Waals surface area contributed by atoms with Gasteiger partial charge in [-0.05, 0) is 56.6 Å². The Labute approximate surface area is 229 Å². The van der Waals surface area contributed by atoms with Crippen LogP contribution in [0.3, 0.4) is 0 Å². The number of morpholine rings is 1. The average Bonchev–Trinajstić information content (AvgIpc) is 3.27. The van der Waals surface area contributed by atoms with E-state index in [9.17, 15) is 9.59 Å². The van der Waals surface area contributed by atoms with Gasteiger partial charge in [0.2, 0.25) is 5.91 Å². The number of nitrogens with zero attached hydrogens (tertiary/aromatic N) is 5. The molecule has 39 heavy (non-hydrogen) atoms. The molecule has 0 aliphatic carbocycles. The second-order valence-corrected chi connectivity index (χ2v) is 10.3. The summed E-state index contributed by atoms with van der Waals surface area (Å²) in [4.78, 5) is 40.7. The van der Waals surface area contributed by atoms with Crippen LogP contribution in [-0.4, -0.2) is 91.6 Å². The van der Waals surface area contributed by atoms with Gasteiger partial charge in [-0.1, -0.05) is 0 Å². The number of rotatable bonds is 1. The van der Waals surface area contributed by atoms with Gasteiger partial charge in [-0.25, -0.2) is 9.97 Å². The normalized spacial score (nSPS) is 21.2. The molecule has 3 N–H and O–H groups in total. The maximum Gasteiger partial charge on any atom is 0.259 e. The van der Waals surface area contributed by atoms with Crippen LogP contribution < -0.4 is 20.9 Å². The van der Waals surface area contributed by atoms with Gasteiger partial charge in [0, 0.05) is 63.8 Å². The Kier molecular flexibility index (Phi) is 8.58. The maximum atomic E-state index is 12.9. The van der Waals surface area contributed by atoms with Crippen molar-refractivity contribution in [1.29, 1.82) is 0 Å². The van der Waals surface area contributed by atoms with Crippen LogP contribution in [0.5, 0.6) is 0 Å². The number of benzene rings is 1. The Balaban J connectivity index is 1.45. The molecule has 0 unspecified atom stereocenters. The minimum absolute atomic E-state index is 0.170. The standard InChI is InChI=1S/C28H38N8O3/c1-34-10-4-3-6-24(37)35(2)11-5-9-29-26-25-22(28(38)33-27(25)32-19-31-26)17-30-21-7-8-23(20(16-21)18-34)36-12-14-39-15-13-36/h7-8,16-17,19,30H,3-6,9-15,18H2,1-2H3,(H2,29,31,32,33,38)/b22-17-. The van der Waals surface area contributed by atoms with Gasteiger partial charge in [0.25, 0.3) is 5.91 Å². The molecule has 1 aromatic heterocycles. The number of aromatic nitrogens is 2. The zero-order valence-electron chi connectivity index (χ0n) is 22.8. The molecule has 1 aromatic carbocycles. The summed E-state index contributed by atoms with van der Waals surface area (Å²) >= 11 is 0. The molecule has 0 saturated carbocycles. The third kappa shape index (κ3) is 6.48. The first kappa shape index (κ1) is 26.9. The topological polar surface area (TPSA) is 115 Å². The Morgan fingerprint density at radius 3 is 2.62 bits per heavy atom. The summed E-state index contributed by atoms with van der Waals surface area (Å²) in [5.74, 6) is 1.03. The van der Waals surface area contributed by atoms with E-state index >= 15 is 0 Å². The first-order valence-electron chi connectivity index (χ1n) is 13.7. The molecule has 0 radical (unpaired) electrons. The molecule has 3 aliphatic heterocycles. The fourth-order valence-corrected chi connectivity index (χ4v) is 5.23. The second-order valence-electron chi connectivity index (χ2n) is 10.3. The van der Waals surface area contributed by atoms with E-state index in [1.54, 1.807) is 11.1 Å². The predicted molar refractivity (Wildman–Crippen MR) is 153 cm³/mol. The van der Waals surface area contributed by atoms with Gasteiger partial charge in [0.1, 0.15) is 18.0 Å². The number of hydrogen-bond donors (Lipinski definition) is 3. The monoisotopic (exact) mass is 534 g/mol. The molecular weight excluding hydrogens is 496 g/mol. The van der Waals surface area contributed by atoms with Crippen LogP contribution >= 0.6 is 0 Å². The molecule has 2 bridgehead atoms. The highest BCUT2D eigenvalue weighted by atomic mass is 16.5. The summed E-state index contributed by atoms with van der Waals surface area (Å²) in [5, 5.41) is 9.54. The number of carbonyl (C=O) groups excluding carboxylic acids is 2. The maximum absolute atomic E-state index is 12.9. The lowest BCUT2D eigenvalue weighted by atomic mass is 10.1. The number of hydrogen-bond acceptors (Lipinski definition) is 9. The van der Waals surface area contributed by atoms with Crippen LogP contribution in [0.4, 0.5) is 23.0 Å². The van der Waals surface area contributed by atoms with Gasteiger partial charge < -0.3 is 35.4 Å². The fraction of sp³-hybridized carbons (Fsp3) is 0.500. The van der Waals surface area contributed by atoms with Gasteiger partial charge in [0.15, 0.2) is 0 Å². The predicted octanol–water partition coefficient (Wildman–Crippen LogP) is 2.59. The lowest BCUT2D eigenvalue weighted by molar-refractivity contribution is -0.130. The molecule has 11 heteroatoms. The highest BCUT2D eigenvalue weighted by Crippen LogP contribution is 2.35. The molecule has 1 saturated heterocycles. The average molecular weight is 535 g/mol. The Morgan fingerprint density at radius 2 is 1.77 bits per heavy atom. The van der Waals surface area contributed by atoms with E-state index in [0.717, 1.165) is 64.3 Å². The van der Waals surface area contributed by atoms with Crippen molar-refractivity contribution in [1.82, 2.24) is 19.8 Å². The van der Waals surface area contributed by atoms with Gasteiger partial charge in [-0.15, -0.1) is 0 Å². The van der Waals surface area contributed by atoms with E-state index in [2.05, 4.69) is 54.9 Å². The summed E-state index contributed by atoms with van der Waals surface area (Å²) in [6.07, 6.45) is 6.32. The van der Waals surface area contributed by atoms with Crippen molar-refractivity contribution in [2.24, 2.45) is 0 Å². The zero-order valence-corrected chi connectivity index (χ0v) is 22.8. The molecule has 208 valence electrons. The highest BCUT2D eigenvalue weighted by molar-refractivity contribution is 6.32.